The fourth-order valence-electron chi connectivity index (χ4n) is 1.83. The number of hydrogen-bond donors (Lipinski definition) is 1. The van der Waals surface area contributed by atoms with Gasteiger partial charge in [0, 0.05) is 11.9 Å². The smallest absolute Gasteiger partial charge is 0.327 e. The van der Waals surface area contributed by atoms with E-state index in [0.717, 1.165) is 0 Å². The number of carboxylic acid groups (broad SMARTS) is 1. The van der Waals surface area contributed by atoms with E-state index in [2.05, 4.69) is 4.98 Å². The van der Waals surface area contributed by atoms with Gasteiger partial charge in [-0.2, -0.15) is 4.39 Å². The van der Waals surface area contributed by atoms with Gasteiger partial charge < -0.3 is 10.0 Å². The molecule has 1 aromatic heterocycles. The predicted octanol–water partition coefficient (Wildman–Crippen LogP) is 1.21. The van der Waals surface area contributed by atoms with Crippen molar-refractivity contribution in [1.82, 2.24) is 9.88 Å². The van der Waals surface area contributed by atoms with Crippen LogP contribution >= 0.6 is 11.8 Å². The second-order valence-electron chi connectivity index (χ2n) is 3.84. The number of amides is 1. The zero-order valence-corrected chi connectivity index (χ0v) is 10.4. The third-order valence-corrected chi connectivity index (χ3v) is 3.95. The minimum Gasteiger partial charge on any atom is -0.480 e. The minimum absolute atomic E-state index is 0.196. The normalized spacial score (nSPS) is 23.1. The van der Waals surface area contributed by atoms with Crippen molar-refractivity contribution in [2.75, 3.05) is 5.75 Å². The highest BCUT2D eigenvalue weighted by atomic mass is 32.2. The van der Waals surface area contributed by atoms with Crippen LogP contribution in [-0.2, 0) is 4.79 Å². The Morgan fingerprint density at radius 3 is 2.94 bits per heavy atom. The van der Waals surface area contributed by atoms with E-state index in [9.17, 15) is 14.0 Å². The molecule has 2 rings (SSSR count). The van der Waals surface area contributed by atoms with E-state index in [-0.39, 0.29) is 10.9 Å². The molecule has 0 aliphatic carbocycles. The Labute approximate surface area is 107 Å². The Bertz CT molecular complexity index is 497. The number of carboxylic acids is 1. The van der Waals surface area contributed by atoms with Gasteiger partial charge in [-0.3, -0.25) is 4.79 Å². The number of pyridine rings is 1. The molecule has 0 bridgehead atoms. The molecule has 1 N–H and O–H groups in total. The fourth-order valence-corrected chi connectivity index (χ4v) is 2.99. The summed E-state index contributed by atoms with van der Waals surface area (Å²) in [5.74, 6) is -2.28. The van der Waals surface area contributed by atoms with Gasteiger partial charge in [-0.05, 0) is 19.1 Å². The van der Waals surface area contributed by atoms with Gasteiger partial charge in [0.2, 0.25) is 5.95 Å². The van der Waals surface area contributed by atoms with Crippen molar-refractivity contribution in [3.63, 3.8) is 0 Å². The maximum absolute atomic E-state index is 13.4. The average Bonchev–Trinajstić information content (AvgIpc) is 2.71. The van der Waals surface area contributed by atoms with Crippen LogP contribution in [0.15, 0.2) is 18.3 Å². The number of carbonyl (C=O) groups excluding carboxylic acids is 1. The summed E-state index contributed by atoms with van der Waals surface area (Å²) in [6.45, 7) is 1.72. The van der Waals surface area contributed by atoms with Crippen molar-refractivity contribution < 1.29 is 19.1 Å². The number of hydrogen-bond acceptors (Lipinski definition) is 4. The van der Waals surface area contributed by atoms with Gasteiger partial charge >= 0.3 is 5.97 Å². The number of aromatic nitrogens is 1. The standard InChI is InChI=1S/C11H11FN2O3S/c1-6-14(8(5-18-6)11(16)17)10(15)7-3-2-4-13-9(7)12/h2-4,6,8H,5H2,1H3,(H,16,17). The summed E-state index contributed by atoms with van der Waals surface area (Å²) in [4.78, 5) is 27.8. The molecule has 1 amide bonds. The van der Waals surface area contributed by atoms with Crippen LogP contribution in [-0.4, -0.2) is 44.0 Å². The zero-order chi connectivity index (χ0) is 13.3. The molecule has 96 valence electrons. The molecule has 1 aliphatic heterocycles. The highest BCUT2D eigenvalue weighted by Gasteiger charge is 2.40. The second-order valence-corrected chi connectivity index (χ2v) is 5.19. The van der Waals surface area contributed by atoms with Gasteiger partial charge in [-0.1, -0.05) is 0 Å². The van der Waals surface area contributed by atoms with Crippen LogP contribution in [0.25, 0.3) is 0 Å². The lowest BCUT2D eigenvalue weighted by Gasteiger charge is -2.24. The Hall–Kier alpha value is -1.63. The molecule has 7 heteroatoms. The second kappa shape index (κ2) is 4.93. The van der Waals surface area contributed by atoms with Crippen LogP contribution in [0.5, 0.6) is 0 Å². The number of rotatable bonds is 2. The maximum atomic E-state index is 13.4. The molecular weight excluding hydrogens is 259 g/mol. The molecule has 0 aromatic carbocycles. The quantitative estimate of drug-likeness (QED) is 0.818. The van der Waals surface area contributed by atoms with E-state index in [1.807, 2.05) is 0 Å². The summed E-state index contributed by atoms with van der Waals surface area (Å²) >= 11 is 1.35. The molecule has 1 saturated heterocycles. The first kappa shape index (κ1) is 12.8. The predicted molar refractivity (Wildman–Crippen MR) is 63.7 cm³/mol. The van der Waals surface area contributed by atoms with E-state index in [1.165, 1.54) is 35.0 Å². The molecule has 1 fully saturated rings. The number of nitrogens with zero attached hydrogens (tertiary/aromatic N) is 2. The van der Waals surface area contributed by atoms with Gasteiger partial charge in [-0.25, -0.2) is 9.78 Å². The van der Waals surface area contributed by atoms with E-state index in [1.54, 1.807) is 6.92 Å². The SMILES string of the molecule is CC1SCC(C(=O)O)N1C(=O)c1cccnc1F. The topological polar surface area (TPSA) is 70.5 Å². The first-order chi connectivity index (χ1) is 8.52. The maximum Gasteiger partial charge on any atom is 0.327 e. The van der Waals surface area contributed by atoms with Crippen LogP contribution in [0.2, 0.25) is 0 Å². The first-order valence-electron chi connectivity index (χ1n) is 5.30. The lowest BCUT2D eigenvalue weighted by Crippen LogP contribution is -2.45. The summed E-state index contributed by atoms with van der Waals surface area (Å²) in [6.07, 6.45) is 1.24. The van der Waals surface area contributed by atoms with Crippen molar-refractivity contribution in [2.24, 2.45) is 0 Å². The van der Waals surface area contributed by atoms with E-state index >= 15 is 0 Å². The van der Waals surface area contributed by atoms with Gasteiger partial charge in [0.15, 0.2) is 0 Å². The molecule has 2 atom stereocenters. The summed E-state index contributed by atoms with van der Waals surface area (Å²) in [6, 6.07) is 1.83. The summed E-state index contributed by atoms with van der Waals surface area (Å²) in [5, 5.41) is 8.76. The molecule has 2 heterocycles. The number of aliphatic carboxylic acids is 1. The van der Waals surface area contributed by atoms with Crippen LogP contribution in [0, 0.1) is 5.95 Å². The highest BCUT2D eigenvalue weighted by Crippen LogP contribution is 2.30. The van der Waals surface area contributed by atoms with Crippen LogP contribution in [0.4, 0.5) is 4.39 Å². The molecular formula is C11H11FN2O3S. The third-order valence-electron chi connectivity index (χ3n) is 2.73. The average molecular weight is 270 g/mol. The van der Waals surface area contributed by atoms with Crippen molar-refractivity contribution >= 4 is 23.6 Å². The van der Waals surface area contributed by atoms with Crippen LogP contribution < -0.4 is 0 Å². The lowest BCUT2D eigenvalue weighted by atomic mass is 10.2. The first-order valence-corrected chi connectivity index (χ1v) is 6.35. The van der Waals surface area contributed by atoms with E-state index in [0.29, 0.717) is 5.75 Å². The Balaban J connectivity index is 2.33. The molecule has 0 saturated carbocycles. The summed E-state index contributed by atoms with van der Waals surface area (Å²) in [5.41, 5.74) is -0.196. The van der Waals surface area contributed by atoms with Crippen molar-refractivity contribution in [1.29, 1.82) is 0 Å². The monoisotopic (exact) mass is 270 g/mol. The number of halogens is 1. The van der Waals surface area contributed by atoms with E-state index < -0.39 is 23.9 Å². The molecule has 0 radical (unpaired) electrons. The van der Waals surface area contributed by atoms with Crippen molar-refractivity contribution in [3.05, 3.63) is 29.8 Å². The molecule has 2 unspecified atom stereocenters. The lowest BCUT2D eigenvalue weighted by molar-refractivity contribution is -0.141. The largest absolute Gasteiger partial charge is 0.480 e. The third kappa shape index (κ3) is 2.17. The summed E-state index contributed by atoms with van der Waals surface area (Å²) in [7, 11) is 0. The molecule has 0 spiro atoms. The Morgan fingerprint density at radius 2 is 2.33 bits per heavy atom. The Morgan fingerprint density at radius 1 is 1.61 bits per heavy atom. The van der Waals surface area contributed by atoms with Crippen LogP contribution in [0.1, 0.15) is 17.3 Å². The number of thioether (sulfide) groups is 1. The van der Waals surface area contributed by atoms with Crippen molar-refractivity contribution in [2.45, 2.75) is 18.3 Å². The highest BCUT2D eigenvalue weighted by molar-refractivity contribution is 8.00. The van der Waals surface area contributed by atoms with Crippen LogP contribution in [0.3, 0.4) is 0 Å². The Kier molecular flexibility index (Phi) is 3.51. The zero-order valence-electron chi connectivity index (χ0n) is 9.54. The molecule has 18 heavy (non-hydrogen) atoms. The molecule has 1 aliphatic rings. The van der Waals surface area contributed by atoms with Gasteiger partial charge in [0.05, 0.1) is 10.9 Å². The van der Waals surface area contributed by atoms with Gasteiger partial charge in [0.25, 0.3) is 5.91 Å². The van der Waals surface area contributed by atoms with Crippen molar-refractivity contribution in [3.8, 4) is 0 Å². The summed E-state index contributed by atoms with van der Waals surface area (Å²) < 4.78 is 13.4. The minimum atomic E-state index is -1.08. The molecule has 5 nitrogen and oxygen atoms in total. The van der Waals surface area contributed by atoms with Gasteiger partial charge in [-0.15, -0.1) is 11.8 Å². The van der Waals surface area contributed by atoms with E-state index in [4.69, 9.17) is 5.11 Å². The molecule has 1 aromatic rings. The number of carbonyl (C=O) groups is 2. The fraction of sp³-hybridized carbons (Fsp3) is 0.364. The van der Waals surface area contributed by atoms with Gasteiger partial charge in [0.1, 0.15) is 6.04 Å².